The summed E-state index contributed by atoms with van der Waals surface area (Å²) < 4.78 is 6.84. The number of aromatic nitrogens is 2. The Labute approximate surface area is 179 Å². The predicted octanol–water partition coefficient (Wildman–Crippen LogP) is 2.98. The molecule has 0 bridgehead atoms. The summed E-state index contributed by atoms with van der Waals surface area (Å²) >= 11 is 1.31. The monoisotopic (exact) mass is 430 g/mol. The van der Waals surface area contributed by atoms with E-state index in [1.807, 2.05) is 26.0 Å². The van der Waals surface area contributed by atoms with Crippen LogP contribution >= 0.6 is 11.8 Å². The summed E-state index contributed by atoms with van der Waals surface area (Å²) in [6, 6.07) is 6.34. The molecule has 2 aromatic rings. The minimum absolute atomic E-state index is 0.0443. The Bertz CT molecular complexity index is 1060. The van der Waals surface area contributed by atoms with E-state index in [1.165, 1.54) is 11.8 Å². The molecule has 0 fully saturated rings. The van der Waals surface area contributed by atoms with Gasteiger partial charge in [0.1, 0.15) is 0 Å². The van der Waals surface area contributed by atoms with Crippen molar-refractivity contribution in [1.82, 2.24) is 20.2 Å². The van der Waals surface area contributed by atoms with Gasteiger partial charge in [-0.15, -0.1) is 0 Å². The third-order valence-electron chi connectivity index (χ3n) is 5.02. The van der Waals surface area contributed by atoms with Crippen molar-refractivity contribution >= 4 is 34.7 Å². The van der Waals surface area contributed by atoms with E-state index in [1.54, 1.807) is 30.5 Å². The Morgan fingerprint density at radius 1 is 1.30 bits per heavy atom. The van der Waals surface area contributed by atoms with Crippen LogP contribution < -0.4 is 16.2 Å². The van der Waals surface area contributed by atoms with E-state index in [4.69, 9.17) is 9.72 Å². The quantitative estimate of drug-likeness (QED) is 0.398. The van der Waals surface area contributed by atoms with Crippen molar-refractivity contribution in [3.8, 4) is 0 Å². The first-order valence-corrected chi connectivity index (χ1v) is 11.0. The number of carbonyl (C=O) groups is 2. The molecule has 0 saturated carbocycles. The second-order valence-electron chi connectivity index (χ2n) is 7.07. The number of ether oxygens (including phenoxy) is 1. The molecule has 0 spiro atoms. The summed E-state index contributed by atoms with van der Waals surface area (Å²) in [5, 5.41) is 6.51. The van der Waals surface area contributed by atoms with Gasteiger partial charge in [0, 0.05) is 17.5 Å². The maximum atomic E-state index is 13.1. The van der Waals surface area contributed by atoms with Gasteiger partial charge in [0.15, 0.2) is 5.16 Å². The number of para-hydroxylation sites is 1. The van der Waals surface area contributed by atoms with Gasteiger partial charge in [-0.2, -0.15) is 0 Å². The standard InChI is InChI=1S/C21H26N4O4S/c1-5-12(3)25-18(26)14-9-7-8-10-15(14)24-21(25)30-11-16-17(19(27)29-6-2)13(4)22-20(28)23-16/h7-10,12-13H,5-6,11H2,1-4H3,(H2,22,23,28). The highest BCUT2D eigenvalue weighted by Gasteiger charge is 2.30. The number of rotatable bonds is 7. The van der Waals surface area contributed by atoms with Crippen LogP contribution in [-0.2, 0) is 9.53 Å². The van der Waals surface area contributed by atoms with Crippen LogP contribution in [0, 0.1) is 0 Å². The zero-order chi connectivity index (χ0) is 21.8. The van der Waals surface area contributed by atoms with Crippen molar-refractivity contribution in [2.24, 2.45) is 0 Å². The summed E-state index contributed by atoms with van der Waals surface area (Å²) in [6.07, 6.45) is 0.766. The van der Waals surface area contributed by atoms with Crippen molar-refractivity contribution < 1.29 is 14.3 Å². The Balaban J connectivity index is 2.02. The summed E-state index contributed by atoms with van der Waals surface area (Å²) in [7, 11) is 0. The van der Waals surface area contributed by atoms with Gasteiger partial charge in [-0.05, 0) is 39.3 Å². The number of thioether (sulfide) groups is 1. The summed E-state index contributed by atoms with van der Waals surface area (Å²) in [5.74, 6) is -0.202. The van der Waals surface area contributed by atoms with Gasteiger partial charge in [-0.3, -0.25) is 9.36 Å². The lowest BCUT2D eigenvalue weighted by molar-refractivity contribution is -0.138. The second kappa shape index (κ2) is 9.34. The molecule has 2 unspecified atom stereocenters. The molecule has 1 aliphatic heterocycles. The molecule has 2 amide bonds. The number of amides is 2. The molecule has 2 atom stereocenters. The lowest BCUT2D eigenvalue weighted by atomic mass is 10.1. The van der Waals surface area contributed by atoms with Crippen molar-refractivity contribution in [3.63, 3.8) is 0 Å². The van der Waals surface area contributed by atoms with Gasteiger partial charge in [0.25, 0.3) is 5.56 Å². The van der Waals surface area contributed by atoms with E-state index in [-0.39, 0.29) is 30.0 Å². The van der Waals surface area contributed by atoms with Gasteiger partial charge in [-0.25, -0.2) is 14.6 Å². The molecule has 160 valence electrons. The highest BCUT2D eigenvalue weighted by atomic mass is 32.2. The number of nitrogens with one attached hydrogen (secondary N) is 2. The van der Waals surface area contributed by atoms with Crippen LogP contribution in [-0.4, -0.2) is 40.0 Å². The van der Waals surface area contributed by atoms with E-state index in [9.17, 15) is 14.4 Å². The third-order valence-corrected chi connectivity index (χ3v) is 6.00. The first kappa shape index (κ1) is 21.9. The van der Waals surface area contributed by atoms with Crippen molar-refractivity contribution in [1.29, 1.82) is 0 Å². The van der Waals surface area contributed by atoms with Gasteiger partial charge in [-0.1, -0.05) is 30.8 Å². The summed E-state index contributed by atoms with van der Waals surface area (Å²) in [5.41, 5.74) is 1.36. The van der Waals surface area contributed by atoms with Crippen molar-refractivity contribution in [3.05, 3.63) is 45.9 Å². The highest BCUT2D eigenvalue weighted by molar-refractivity contribution is 7.99. The number of hydrogen-bond acceptors (Lipinski definition) is 6. The summed E-state index contributed by atoms with van der Waals surface area (Å²) in [4.78, 5) is 42.2. The van der Waals surface area contributed by atoms with E-state index in [2.05, 4.69) is 10.6 Å². The number of benzene rings is 1. The average Bonchev–Trinajstić information content (AvgIpc) is 2.71. The number of fused-ring (bicyclic) bond motifs is 1. The normalized spacial score (nSPS) is 17.5. The molecule has 3 rings (SSSR count). The van der Waals surface area contributed by atoms with E-state index < -0.39 is 12.0 Å². The second-order valence-corrected chi connectivity index (χ2v) is 8.01. The van der Waals surface area contributed by atoms with Crippen LogP contribution in [0.1, 0.15) is 40.2 Å². The van der Waals surface area contributed by atoms with E-state index >= 15 is 0 Å². The minimum Gasteiger partial charge on any atom is -0.463 e. The molecule has 30 heavy (non-hydrogen) atoms. The maximum Gasteiger partial charge on any atom is 0.337 e. The molecule has 0 radical (unpaired) electrons. The number of carbonyl (C=O) groups excluding carboxylic acids is 2. The van der Waals surface area contributed by atoms with Crippen LogP contribution in [0.25, 0.3) is 10.9 Å². The van der Waals surface area contributed by atoms with Crippen molar-refractivity contribution in [2.45, 2.75) is 51.4 Å². The van der Waals surface area contributed by atoms with Crippen LogP contribution in [0.3, 0.4) is 0 Å². The third kappa shape index (κ3) is 4.35. The highest BCUT2D eigenvalue weighted by Crippen LogP contribution is 2.26. The molecular weight excluding hydrogens is 404 g/mol. The Morgan fingerprint density at radius 3 is 2.73 bits per heavy atom. The first-order chi connectivity index (χ1) is 14.4. The topological polar surface area (TPSA) is 102 Å². The Kier molecular flexibility index (Phi) is 6.81. The molecule has 1 aromatic carbocycles. The van der Waals surface area contributed by atoms with Crippen molar-refractivity contribution in [2.75, 3.05) is 12.4 Å². The van der Waals surface area contributed by atoms with Gasteiger partial charge < -0.3 is 15.4 Å². The number of nitrogens with zero attached hydrogens (tertiary/aromatic N) is 2. The lowest BCUT2D eigenvalue weighted by Gasteiger charge is -2.26. The average molecular weight is 431 g/mol. The lowest BCUT2D eigenvalue weighted by Crippen LogP contribution is -2.49. The molecule has 0 saturated heterocycles. The van der Waals surface area contributed by atoms with Gasteiger partial charge >= 0.3 is 12.0 Å². The molecule has 8 nitrogen and oxygen atoms in total. The van der Waals surface area contributed by atoms with Crippen LogP contribution in [0.15, 0.2) is 45.5 Å². The van der Waals surface area contributed by atoms with E-state index in [0.717, 1.165) is 6.42 Å². The molecule has 0 aliphatic carbocycles. The SMILES string of the molecule is CCOC(=O)C1=C(CSc2nc3ccccc3c(=O)n2C(C)CC)NC(=O)NC1C. The van der Waals surface area contributed by atoms with Crippen LogP contribution in [0.4, 0.5) is 4.79 Å². The minimum atomic E-state index is -0.477. The van der Waals surface area contributed by atoms with Gasteiger partial charge in [0.2, 0.25) is 0 Å². The number of urea groups is 1. The zero-order valence-electron chi connectivity index (χ0n) is 17.5. The molecule has 2 N–H and O–H groups in total. The Morgan fingerprint density at radius 2 is 2.03 bits per heavy atom. The fourth-order valence-electron chi connectivity index (χ4n) is 3.33. The fourth-order valence-corrected chi connectivity index (χ4v) is 4.39. The van der Waals surface area contributed by atoms with E-state index in [0.29, 0.717) is 27.3 Å². The van der Waals surface area contributed by atoms with Gasteiger partial charge in [0.05, 0.1) is 29.1 Å². The molecule has 1 aliphatic rings. The predicted molar refractivity (Wildman–Crippen MR) is 117 cm³/mol. The van der Waals surface area contributed by atoms with Crippen LogP contribution in [0.5, 0.6) is 0 Å². The molecule has 2 heterocycles. The molecule has 9 heteroatoms. The molecule has 1 aromatic heterocycles. The van der Waals surface area contributed by atoms with Crippen LogP contribution in [0.2, 0.25) is 0 Å². The number of hydrogen-bond donors (Lipinski definition) is 2. The molecular formula is C21H26N4O4S. The summed E-state index contributed by atoms with van der Waals surface area (Å²) in [6.45, 7) is 7.69. The number of esters is 1. The zero-order valence-corrected chi connectivity index (χ0v) is 18.3. The smallest absolute Gasteiger partial charge is 0.337 e. The Hall–Kier alpha value is -2.81. The largest absolute Gasteiger partial charge is 0.463 e. The first-order valence-electron chi connectivity index (χ1n) is 9.99. The maximum absolute atomic E-state index is 13.1. The fraction of sp³-hybridized carbons (Fsp3) is 0.429.